The second kappa shape index (κ2) is 5.48. The molecule has 0 N–H and O–H groups in total. The van der Waals surface area contributed by atoms with E-state index in [1.807, 2.05) is 19.9 Å². The van der Waals surface area contributed by atoms with E-state index in [1.54, 1.807) is 21.3 Å². The van der Waals surface area contributed by atoms with Crippen LogP contribution in [0.15, 0.2) is 11.6 Å². The molecule has 0 aliphatic heterocycles. The highest BCUT2D eigenvalue weighted by atomic mass is 28.4. The normalized spacial score (nSPS) is 13.6. The molecule has 0 fully saturated rings. The third-order valence-electron chi connectivity index (χ3n) is 1.92. The van der Waals surface area contributed by atoms with Crippen LogP contribution in [-0.2, 0) is 13.3 Å². The first-order valence-corrected chi connectivity index (χ1v) is 5.84. The summed E-state index contributed by atoms with van der Waals surface area (Å²) in [5, 5.41) is 0. The fourth-order valence-corrected chi connectivity index (χ4v) is 2.73. The Hall–Kier alpha value is -0.163. The smallest absolute Gasteiger partial charge is 0.377 e. The molecule has 4 heteroatoms. The highest BCUT2D eigenvalue weighted by Gasteiger charge is 2.37. The predicted molar refractivity (Wildman–Crippen MR) is 51.0 cm³/mol. The molecule has 0 aliphatic carbocycles. The first-order chi connectivity index (χ1) is 5.64. The van der Waals surface area contributed by atoms with Gasteiger partial charge in [-0.05, 0) is 13.8 Å². The van der Waals surface area contributed by atoms with Crippen molar-refractivity contribution in [3.05, 3.63) is 11.6 Å². The number of allylic oxidation sites excluding steroid dienone is 2. The molecule has 0 saturated carbocycles. The molecule has 0 unspecified atom stereocenters. The van der Waals surface area contributed by atoms with Gasteiger partial charge in [-0.2, -0.15) is 0 Å². The van der Waals surface area contributed by atoms with Gasteiger partial charge >= 0.3 is 8.80 Å². The van der Waals surface area contributed by atoms with Crippen LogP contribution in [0, 0.1) is 0 Å². The van der Waals surface area contributed by atoms with Gasteiger partial charge in [-0.1, -0.05) is 11.6 Å². The fraction of sp³-hybridized carbons (Fsp3) is 0.750. The summed E-state index contributed by atoms with van der Waals surface area (Å²) in [6.07, 6.45) is 2.04. The van der Waals surface area contributed by atoms with E-state index in [0.29, 0.717) is 0 Å². The predicted octanol–water partition coefficient (Wildman–Crippen LogP) is 1.83. The van der Waals surface area contributed by atoms with Crippen LogP contribution in [-0.4, -0.2) is 30.1 Å². The lowest BCUT2D eigenvalue weighted by atomic mass is 10.3. The van der Waals surface area contributed by atoms with Gasteiger partial charge in [-0.15, -0.1) is 0 Å². The SMILES string of the molecule is CC=C(C)C[Si](OC)(OC)OC. The van der Waals surface area contributed by atoms with Gasteiger partial charge in [-0.25, -0.2) is 0 Å². The second-order valence-electron chi connectivity index (χ2n) is 2.61. The Labute approximate surface area is 75.7 Å². The largest absolute Gasteiger partial charge is 0.504 e. The van der Waals surface area contributed by atoms with Gasteiger partial charge in [0, 0.05) is 27.4 Å². The lowest BCUT2D eigenvalue weighted by molar-refractivity contribution is 0.126. The van der Waals surface area contributed by atoms with Crippen LogP contribution in [0.1, 0.15) is 13.8 Å². The van der Waals surface area contributed by atoms with Crippen LogP contribution in [0.4, 0.5) is 0 Å². The zero-order valence-corrected chi connectivity index (χ0v) is 9.51. The Morgan fingerprint density at radius 3 is 1.83 bits per heavy atom. The molecule has 0 spiro atoms. The molecule has 0 radical (unpaired) electrons. The third kappa shape index (κ3) is 3.06. The lowest BCUT2D eigenvalue weighted by Gasteiger charge is -2.24. The van der Waals surface area contributed by atoms with Crippen molar-refractivity contribution in [2.24, 2.45) is 0 Å². The average molecular weight is 190 g/mol. The van der Waals surface area contributed by atoms with Gasteiger partial charge in [0.2, 0.25) is 0 Å². The summed E-state index contributed by atoms with van der Waals surface area (Å²) in [4.78, 5) is 0. The molecule has 0 aromatic rings. The molecular weight excluding hydrogens is 172 g/mol. The lowest BCUT2D eigenvalue weighted by Crippen LogP contribution is -2.42. The zero-order valence-electron chi connectivity index (χ0n) is 8.51. The standard InChI is InChI=1S/C8H18O3Si/c1-6-8(2)7-12(9-3,10-4)11-5/h6H,7H2,1-5H3. The van der Waals surface area contributed by atoms with Crippen LogP contribution < -0.4 is 0 Å². The molecule has 72 valence electrons. The maximum atomic E-state index is 5.26. The van der Waals surface area contributed by atoms with Crippen molar-refractivity contribution in [2.45, 2.75) is 19.9 Å². The maximum absolute atomic E-state index is 5.26. The molecule has 0 heterocycles. The van der Waals surface area contributed by atoms with E-state index in [0.717, 1.165) is 6.04 Å². The summed E-state index contributed by atoms with van der Waals surface area (Å²) in [5.41, 5.74) is 1.23. The van der Waals surface area contributed by atoms with Crippen LogP contribution in [0.3, 0.4) is 0 Å². The second-order valence-corrected chi connectivity index (χ2v) is 5.55. The summed E-state index contributed by atoms with van der Waals surface area (Å²) >= 11 is 0. The summed E-state index contributed by atoms with van der Waals surface area (Å²) in [6.45, 7) is 4.04. The molecular formula is C8H18O3Si. The number of rotatable bonds is 5. The minimum absolute atomic E-state index is 0.757. The third-order valence-corrected chi connectivity index (χ3v) is 4.78. The van der Waals surface area contributed by atoms with E-state index in [-0.39, 0.29) is 0 Å². The molecule has 0 amide bonds. The molecule has 0 saturated heterocycles. The maximum Gasteiger partial charge on any atom is 0.504 e. The van der Waals surface area contributed by atoms with E-state index >= 15 is 0 Å². The molecule has 12 heavy (non-hydrogen) atoms. The van der Waals surface area contributed by atoms with Crippen molar-refractivity contribution in [2.75, 3.05) is 21.3 Å². The van der Waals surface area contributed by atoms with Gasteiger partial charge in [0.05, 0.1) is 0 Å². The van der Waals surface area contributed by atoms with Gasteiger partial charge in [0.25, 0.3) is 0 Å². The highest BCUT2D eigenvalue weighted by molar-refractivity contribution is 6.61. The summed E-state index contributed by atoms with van der Waals surface area (Å²) < 4.78 is 15.8. The monoisotopic (exact) mass is 190 g/mol. The van der Waals surface area contributed by atoms with Crippen LogP contribution in [0.25, 0.3) is 0 Å². The van der Waals surface area contributed by atoms with Gasteiger partial charge in [-0.3, -0.25) is 0 Å². The Morgan fingerprint density at radius 1 is 1.17 bits per heavy atom. The quantitative estimate of drug-likeness (QED) is 0.489. The number of hydrogen-bond acceptors (Lipinski definition) is 3. The molecule has 0 rings (SSSR count). The van der Waals surface area contributed by atoms with Gasteiger partial charge in [0.1, 0.15) is 0 Å². The van der Waals surface area contributed by atoms with Crippen molar-refractivity contribution in [3.63, 3.8) is 0 Å². The van der Waals surface area contributed by atoms with E-state index in [4.69, 9.17) is 13.3 Å². The first kappa shape index (κ1) is 11.8. The van der Waals surface area contributed by atoms with E-state index < -0.39 is 8.80 Å². The van der Waals surface area contributed by atoms with Gasteiger partial charge < -0.3 is 13.3 Å². The van der Waals surface area contributed by atoms with Crippen LogP contribution in [0.2, 0.25) is 6.04 Å². The number of hydrogen-bond donors (Lipinski definition) is 0. The van der Waals surface area contributed by atoms with Crippen molar-refractivity contribution in [3.8, 4) is 0 Å². The Balaban J connectivity index is 4.30. The van der Waals surface area contributed by atoms with Gasteiger partial charge in [0.15, 0.2) is 0 Å². The first-order valence-electron chi connectivity index (χ1n) is 3.91. The van der Waals surface area contributed by atoms with E-state index in [1.165, 1.54) is 5.57 Å². The summed E-state index contributed by atoms with van der Waals surface area (Å²) in [5.74, 6) is 0. The molecule has 3 nitrogen and oxygen atoms in total. The molecule has 0 aromatic heterocycles. The summed E-state index contributed by atoms with van der Waals surface area (Å²) in [6, 6.07) is 0.757. The Kier molecular flexibility index (Phi) is 5.40. The van der Waals surface area contributed by atoms with Crippen molar-refractivity contribution < 1.29 is 13.3 Å². The van der Waals surface area contributed by atoms with E-state index in [2.05, 4.69) is 0 Å². The minimum Gasteiger partial charge on any atom is -0.377 e. The zero-order chi connectivity index (χ0) is 9.61. The van der Waals surface area contributed by atoms with Crippen molar-refractivity contribution in [1.29, 1.82) is 0 Å². The van der Waals surface area contributed by atoms with Crippen LogP contribution in [0.5, 0.6) is 0 Å². The Bertz CT molecular complexity index is 144. The topological polar surface area (TPSA) is 27.7 Å². The average Bonchev–Trinajstić information content (AvgIpc) is 2.14. The molecule has 0 bridgehead atoms. The van der Waals surface area contributed by atoms with E-state index in [9.17, 15) is 0 Å². The summed E-state index contributed by atoms with van der Waals surface area (Å²) in [7, 11) is 2.51. The highest BCUT2D eigenvalue weighted by Crippen LogP contribution is 2.17. The molecule has 0 aromatic carbocycles. The molecule has 0 aliphatic rings. The molecule has 0 atom stereocenters. The van der Waals surface area contributed by atoms with Crippen molar-refractivity contribution in [1.82, 2.24) is 0 Å². The minimum atomic E-state index is -2.37. The van der Waals surface area contributed by atoms with Crippen molar-refractivity contribution >= 4 is 8.80 Å². The van der Waals surface area contributed by atoms with Crippen LogP contribution >= 0.6 is 0 Å². The fourth-order valence-electron chi connectivity index (χ4n) is 0.910. The Morgan fingerprint density at radius 2 is 1.58 bits per heavy atom.